The van der Waals surface area contributed by atoms with E-state index in [1.165, 1.54) is 0 Å². The zero-order valence-electron chi connectivity index (χ0n) is 10.2. The first-order chi connectivity index (χ1) is 8.67. The van der Waals surface area contributed by atoms with Crippen LogP contribution in [-0.4, -0.2) is 29.6 Å². The molecule has 0 saturated heterocycles. The van der Waals surface area contributed by atoms with Crippen LogP contribution in [0.1, 0.15) is 12.5 Å². The predicted molar refractivity (Wildman–Crippen MR) is 75.5 cm³/mol. The third kappa shape index (κ3) is 4.99. The molecule has 0 fully saturated rings. The average molecular weight is 283 g/mol. The number of nitrogens with zero attached hydrogens (tertiary/aromatic N) is 2. The van der Waals surface area contributed by atoms with Gasteiger partial charge in [-0.1, -0.05) is 23.7 Å². The number of hydrogen-bond acceptors (Lipinski definition) is 3. The Hall–Kier alpha value is -1.18. The molecule has 1 amide bonds. The summed E-state index contributed by atoms with van der Waals surface area (Å²) in [4.78, 5) is 13.3. The van der Waals surface area contributed by atoms with Gasteiger partial charge in [-0.3, -0.25) is 4.79 Å². The van der Waals surface area contributed by atoms with E-state index < -0.39 is 0 Å². The first kappa shape index (κ1) is 14.9. The van der Waals surface area contributed by atoms with E-state index in [2.05, 4.69) is 0 Å². The van der Waals surface area contributed by atoms with Crippen molar-refractivity contribution in [2.45, 2.75) is 12.7 Å². The molecule has 0 aliphatic carbocycles. The van der Waals surface area contributed by atoms with E-state index in [0.717, 1.165) is 11.3 Å². The van der Waals surface area contributed by atoms with Crippen LogP contribution in [0.4, 0.5) is 0 Å². The molecule has 0 heterocycles. The van der Waals surface area contributed by atoms with E-state index in [1.54, 1.807) is 16.7 Å². The van der Waals surface area contributed by atoms with Crippen molar-refractivity contribution in [2.24, 2.45) is 0 Å². The van der Waals surface area contributed by atoms with Gasteiger partial charge in [0.05, 0.1) is 11.8 Å². The number of rotatable bonds is 6. The van der Waals surface area contributed by atoms with Crippen LogP contribution >= 0.6 is 23.4 Å². The maximum absolute atomic E-state index is 11.7. The molecule has 0 radical (unpaired) electrons. The summed E-state index contributed by atoms with van der Waals surface area (Å²) in [5.74, 6) is 1.18. The summed E-state index contributed by atoms with van der Waals surface area (Å²) in [5.41, 5.74) is 1.14. The van der Waals surface area contributed by atoms with E-state index in [1.807, 2.05) is 37.3 Å². The highest BCUT2D eigenvalue weighted by atomic mass is 35.5. The minimum Gasteiger partial charge on any atom is -0.329 e. The monoisotopic (exact) mass is 282 g/mol. The molecule has 5 heteroatoms. The summed E-state index contributed by atoms with van der Waals surface area (Å²) in [5, 5.41) is 9.30. The molecule has 0 atom stereocenters. The number of thioether (sulfide) groups is 1. The van der Waals surface area contributed by atoms with Gasteiger partial charge in [-0.25, -0.2) is 0 Å². The van der Waals surface area contributed by atoms with Crippen molar-refractivity contribution < 1.29 is 4.79 Å². The van der Waals surface area contributed by atoms with E-state index >= 15 is 0 Å². The highest BCUT2D eigenvalue weighted by Gasteiger charge is 2.10. The van der Waals surface area contributed by atoms with Gasteiger partial charge in [-0.2, -0.15) is 5.26 Å². The van der Waals surface area contributed by atoms with Gasteiger partial charge in [-0.05, 0) is 24.6 Å². The summed E-state index contributed by atoms with van der Waals surface area (Å²) >= 11 is 7.34. The van der Waals surface area contributed by atoms with Crippen LogP contribution in [0.2, 0.25) is 5.02 Å². The minimum absolute atomic E-state index is 0.0120. The van der Waals surface area contributed by atoms with Crippen LogP contribution < -0.4 is 0 Å². The Morgan fingerprint density at radius 3 is 2.67 bits per heavy atom. The number of nitriles is 1. The second kappa shape index (κ2) is 8.02. The summed E-state index contributed by atoms with van der Waals surface area (Å²) in [6.45, 7) is 2.61. The molecule has 0 aliphatic rings. The standard InChI is InChI=1S/C13H15ClN2OS/c1-2-16(8-7-15)13(17)10-18-9-11-3-5-12(14)6-4-11/h3-6H,2,8-10H2,1H3. The Bertz CT molecular complexity index is 428. The van der Waals surface area contributed by atoms with Gasteiger partial charge in [0.15, 0.2) is 0 Å². The molecule has 1 aromatic rings. The Labute approximate surface area is 117 Å². The number of halogens is 1. The molecule has 18 heavy (non-hydrogen) atoms. The molecule has 0 aromatic heterocycles. The Morgan fingerprint density at radius 2 is 2.11 bits per heavy atom. The molecule has 0 bridgehead atoms. The second-order valence-corrected chi connectivity index (χ2v) is 5.11. The third-order valence-electron chi connectivity index (χ3n) is 2.40. The highest BCUT2D eigenvalue weighted by Crippen LogP contribution is 2.15. The van der Waals surface area contributed by atoms with E-state index in [-0.39, 0.29) is 12.5 Å². The van der Waals surface area contributed by atoms with E-state index in [9.17, 15) is 4.79 Å². The first-order valence-electron chi connectivity index (χ1n) is 5.64. The van der Waals surface area contributed by atoms with E-state index in [0.29, 0.717) is 17.3 Å². The fraction of sp³-hybridized carbons (Fsp3) is 0.385. The predicted octanol–water partition coefficient (Wildman–Crippen LogP) is 2.95. The molecule has 96 valence electrons. The number of carbonyl (C=O) groups is 1. The van der Waals surface area contributed by atoms with E-state index in [4.69, 9.17) is 16.9 Å². The number of carbonyl (C=O) groups excluding carboxylic acids is 1. The number of benzene rings is 1. The fourth-order valence-corrected chi connectivity index (χ4v) is 2.40. The molecule has 0 N–H and O–H groups in total. The first-order valence-corrected chi connectivity index (χ1v) is 7.17. The van der Waals surface area contributed by atoms with Crippen molar-refractivity contribution in [3.63, 3.8) is 0 Å². The van der Waals surface area contributed by atoms with Crippen molar-refractivity contribution >= 4 is 29.3 Å². The average Bonchev–Trinajstić information content (AvgIpc) is 2.38. The lowest BCUT2D eigenvalue weighted by atomic mass is 10.2. The van der Waals surface area contributed by atoms with Gasteiger partial charge in [0.2, 0.25) is 5.91 Å². The molecule has 0 unspecified atom stereocenters. The summed E-state index contributed by atoms with van der Waals surface area (Å²) in [6.07, 6.45) is 0. The number of hydrogen-bond donors (Lipinski definition) is 0. The molecule has 3 nitrogen and oxygen atoms in total. The molecule has 1 rings (SSSR count). The van der Waals surface area contributed by atoms with Crippen LogP contribution in [-0.2, 0) is 10.5 Å². The van der Waals surface area contributed by atoms with Crippen LogP contribution in [0.5, 0.6) is 0 Å². The van der Waals surface area contributed by atoms with Gasteiger partial charge < -0.3 is 4.90 Å². The van der Waals surface area contributed by atoms with Crippen LogP contribution in [0, 0.1) is 11.3 Å². The summed E-state index contributed by atoms with van der Waals surface area (Å²) in [6, 6.07) is 9.58. The third-order valence-corrected chi connectivity index (χ3v) is 3.64. The van der Waals surface area contributed by atoms with Crippen LogP contribution in [0.3, 0.4) is 0 Å². The summed E-state index contributed by atoms with van der Waals surface area (Å²) in [7, 11) is 0. The lowest BCUT2D eigenvalue weighted by Crippen LogP contribution is -2.32. The lowest BCUT2D eigenvalue weighted by Gasteiger charge is -2.16. The lowest BCUT2D eigenvalue weighted by molar-refractivity contribution is -0.127. The Morgan fingerprint density at radius 1 is 1.44 bits per heavy atom. The zero-order valence-corrected chi connectivity index (χ0v) is 11.8. The summed E-state index contributed by atoms with van der Waals surface area (Å²) < 4.78 is 0. The highest BCUT2D eigenvalue weighted by molar-refractivity contribution is 7.99. The van der Waals surface area contributed by atoms with Crippen molar-refractivity contribution in [1.82, 2.24) is 4.90 Å². The molecule has 1 aromatic carbocycles. The van der Waals surface area contributed by atoms with Gasteiger partial charge >= 0.3 is 0 Å². The SMILES string of the molecule is CCN(CC#N)C(=O)CSCc1ccc(Cl)cc1. The minimum atomic E-state index is 0.0120. The van der Waals surface area contributed by atoms with Crippen molar-refractivity contribution in [3.8, 4) is 6.07 Å². The van der Waals surface area contributed by atoms with Crippen molar-refractivity contribution in [1.29, 1.82) is 5.26 Å². The quantitative estimate of drug-likeness (QED) is 0.754. The normalized spacial score (nSPS) is 9.83. The van der Waals surface area contributed by atoms with Crippen molar-refractivity contribution in [3.05, 3.63) is 34.9 Å². The second-order valence-electron chi connectivity index (χ2n) is 3.69. The topological polar surface area (TPSA) is 44.1 Å². The largest absolute Gasteiger partial charge is 0.329 e. The molecular formula is C13H15ClN2OS. The molecule has 0 aliphatic heterocycles. The maximum atomic E-state index is 11.7. The smallest absolute Gasteiger partial charge is 0.233 e. The zero-order chi connectivity index (χ0) is 13.4. The molecular weight excluding hydrogens is 268 g/mol. The van der Waals surface area contributed by atoms with Crippen LogP contribution in [0.25, 0.3) is 0 Å². The number of amides is 1. The Balaban J connectivity index is 2.35. The van der Waals surface area contributed by atoms with Gasteiger partial charge in [-0.15, -0.1) is 11.8 Å². The fourth-order valence-electron chi connectivity index (χ4n) is 1.39. The molecule has 0 spiro atoms. The van der Waals surface area contributed by atoms with Crippen LogP contribution in [0.15, 0.2) is 24.3 Å². The Kier molecular flexibility index (Phi) is 6.63. The maximum Gasteiger partial charge on any atom is 0.233 e. The van der Waals surface area contributed by atoms with Crippen molar-refractivity contribution in [2.75, 3.05) is 18.8 Å². The molecule has 0 saturated carbocycles. The van der Waals surface area contributed by atoms with Gasteiger partial charge in [0.1, 0.15) is 6.54 Å². The van der Waals surface area contributed by atoms with Gasteiger partial charge in [0.25, 0.3) is 0 Å². The van der Waals surface area contributed by atoms with Gasteiger partial charge in [0, 0.05) is 17.3 Å².